The summed E-state index contributed by atoms with van der Waals surface area (Å²) in [5.74, 6) is -1.63. The molecule has 8 nitrogen and oxygen atoms in total. The monoisotopic (exact) mass is 384 g/mol. The highest BCUT2D eigenvalue weighted by atomic mass is 16.6. The van der Waals surface area contributed by atoms with Crippen molar-refractivity contribution in [3.63, 3.8) is 0 Å². The van der Waals surface area contributed by atoms with Crippen LogP contribution in [0.1, 0.15) is 34.6 Å². The minimum Gasteiger partial charge on any atom is -0.482 e. The number of carbonyl (C=O) groups excluding carboxylic acids is 4. The third kappa shape index (κ3) is 5.94. The summed E-state index contributed by atoms with van der Waals surface area (Å²) in [6, 6.07) is 12.4. The molecule has 2 aromatic carbocycles. The van der Waals surface area contributed by atoms with Crippen molar-refractivity contribution in [1.82, 2.24) is 0 Å². The van der Waals surface area contributed by atoms with Crippen LogP contribution < -0.4 is 15.8 Å². The van der Waals surface area contributed by atoms with Gasteiger partial charge in [-0.05, 0) is 50.2 Å². The van der Waals surface area contributed by atoms with E-state index in [1.165, 1.54) is 44.2 Å². The molecule has 0 unspecified atom stereocenters. The quantitative estimate of drug-likeness (QED) is 0.529. The summed E-state index contributed by atoms with van der Waals surface area (Å²) in [7, 11) is 0. The van der Waals surface area contributed by atoms with Gasteiger partial charge in [-0.3, -0.25) is 14.4 Å². The molecule has 2 aromatic rings. The van der Waals surface area contributed by atoms with Crippen molar-refractivity contribution < 1.29 is 28.7 Å². The van der Waals surface area contributed by atoms with Crippen molar-refractivity contribution >= 4 is 29.3 Å². The molecule has 0 spiro atoms. The molecule has 0 saturated carbocycles. The van der Waals surface area contributed by atoms with Crippen LogP contribution in [-0.4, -0.2) is 36.3 Å². The van der Waals surface area contributed by atoms with Crippen LogP contribution in [0.4, 0.5) is 5.69 Å². The van der Waals surface area contributed by atoms with Crippen LogP contribution in [0.15, 0.2) is 48.5 Å². The number of ketones is 1. The van der Waals surface area contributed by atoms with E-state index >= 15 is 0 Å². The van der Waals surface area contributed by atoms with Crippen molar-refractivity contribution in [3.05, 3.63) is 59.7 Å². The van der Waals surface area contributed by atoms with Crippen LogP contribution in [0.3, 0.4) is 0 Å². The zero-order valence-corrected chi connectivity index (χ0v) is 15.4. The number of anilines is 1. The standard InChI is InChI=1S/C20H20N2O6/c1-12(23)15-4-3-5-17(10-15)27-11-18(24)28-13(2)20(26)22-16-8-6-14(7-9-16)19(21)25/h3-10,13H,11H2,1-2H3,(H2,21,25)(H,22,26)/t13-/m0/s1. The lowest BCUT2D eigenvalue weighted by molar-refractivity contribution is -0.155. The molecule has 146 valence electrons. The molecule has 2 rings (SSSR count). The van der Waals surface area contributed by atoms with Gasteiger partial charge in [0.25, 0.3) is 5.91 Å². The van der Waals surface area contributed by atoms with E-state index in [2.05, 4.69) is 5.32 Å². The highest BCUT2D eigenvalue weighted by Gasteiger charge is 2.18. The molecule has 0 saturated heterocycles. The van der Waals surface area contributed by atoms with Crippen molar-refractivity contribution in [2.24, 2.45) is 5.73 Å². The van der Waals surface area contributed by atoms with Gasteiger partial charge in [0, 0.05) is 16.8 Å². The summed E-state index contributed by atoms with van der Waals surface area (Å²) < 4.78 is 10.3. The van der Waals surface area contributed by atoms with E-state index in [9.17, 15) is 19.2 Å². The number of carbonyl (C=O) groups is 4. The zero-order valence-electron chi connectivity index (χ0n) is 15.4. The summed E-state index contributed by atoms with van der Waals surface area (Å²) >= 11 is 0. The molecule has 0 aliphatic rings. The van der Waals surface area contributed by atoms with Gasteiger partial charge in [-0.2, -0.15) is 0 Å². The van der Waals surface area contributed by atoms with Crippen molar-refractivity contribution in [2.75, 3.05) is 11.9 Å². The fourth-order valence-corrected chi connectivity index (χ4v) is 2.19. The Morgan fingerprint density at radius 3 is 2.32 bits per heavy atom. The number of hydrogen-bond donors (Lipinski definition) is 2. The molecule has 3 N–H and O–H groups in total. The number of esters is 1. The lowest BCUT2D eigenvalue weighted by Crippen LogP contribution is -2.31. The number of benzene rings is 2. The summed E-state index contributed by atoms with van der Waals surface area (Å²) in [5.41, 5.74) is 6.34. The number of hydrogen-bond acceptors (Lipinski definition) is 6. The van der Waals surface area contributed by atoms with Crippen LogP contribution in [0.25, 0.3) is 0 Å². The molecular formula is C20H20N2O6. The fraction of sp³-hybridized carbons (Fsp3) is 0.200. The summed E-state index contributed by atoms with van der Waals surface area (Å²) in [6.07, 6.45) is -1.06. The van der Waals surface area contributed by atoms with E-state index in [1.54, 1.807) is 18.2 Å². The first-order valence-corrected chi connectivity index (χ1v) is 8.40. The van der Waals surface area contributed by atoms with Gasteiger partial charge in [0.2, 0.25) is 5.91 Å². The van der Waals surface area contributed by atoms with Gasteiger partial charge in [-0.1, -0.05) is 12.1 Å². The number of amides is 2. The Morgan fingerprint density at radius 2 is 1.71 bits per heavy atom. The maximum Gasteiger partial charge on any atom is 0.344 e. The maximum atomic E-state index is 12.1. The Morgan fingerprint density at radius 1 is 1.04 bits per heavy atom. The number of Topliss-reactive ketones (excluding diaryl/α,β-unsaturated/α-hetero) is 1. The van der Waals surface area contributed by atoms with Gasteiger partial charge in [0.15, 0.2) is 18.5 Å². The van der Waals surface area contributed by atoms with Crippen LogP contribution >= 0.6 is 0 Å². The van der Waals surface area contributed by atoms with E-state index in [0.29, 0.717) is 22.6 Å². The van der Waals surface area contributed by atoms with E-state index in [-0.39, 0.29) is 5.78 Å². The third-order valence-corrected chi connectivity index (χ3v) is 3.71. The Kier molecular flexibility index (Phi) is 6.86. The van der Waals surface area contributed by atoms with Gasteiger partial charge in [-0.15, -0.1) is 0 Å². The Bertz CT molecular complexity index is 892. The highest BCUT2D eigenvalue weighted by molar-refractivity contribution is 5.97. The Hall–Kier alpha value is -3.68. The molecular weight excluding hydrogens is 364 g/mol. The summed E-state index contributed by atoms with van der Waals surface area (Å²) in [6.45, 7) is 2.43. The number of rotatable bonds is 8. The largest absolute Gasteiger partial charge is 0.482 e. The number of nitrogens with two attached hydrogens (primary N) is 1. The zero-order chi connectivity index (χ0) is 20.7. The molecule has 0 radical (unpaired) electrons. The van der Waals surface area contributed by atoms with Gasteiger partial charge in [0.1, 0.15) is 5.75 Å². The van der Waals surface area contributed by atoms with E-state index in [4.69, 9.17) is 15.2 Å². The van der Waals surface area contributed by atoms with Crippen LogP contribution in [0.2, 0.25) is 0 Å². The number of primary amides is 1. The van der Waals surface area contributed by atoms with Gasteiger partial charge in [-0.25, -0.2) is 4.79 Å². The second kappa shape index (κ2) is 9.31. The molecule has 2 amide bonds. The molecule has 0 aliphatic heterocycles. The second-order valence-corrected chi connectivity index (χ2v) is 5.94. The van der Waals surface area contributed by atoms with E-state index < -0.39 is 30.5 Å². The molecule has 0 aromatic heterocycles. The summed E-state index contributed by atoms with van der Waals surface area (Å²) in [4.78, 5) is 46.4. The van der Waals surface area contributed by atoms with E-state index in [0.717, 1.165) is 0 Å². The summed E-state index contributed by atoms with van der Waals surface area (Å²) in [5, 5.41) is 2.56. The first-order valence-electron chi connectivity index (χ1n) is 8.40. The van der Waals surface area contributed by atoms with Crippen LogP contribution in [-0.2, 0) is 14.3 Å². The molecule has 28 heavy (non-hydrogen) atoms. The fourth-order valence-electron chi connectivity index (χ4n) is 2.19. The predicted octanol–water partition coefficient (Wildman–Crippen LogP) is 1.94. The number of nitrogens with one attached hydrogen (secondary N) is 1. The number of ether oxygens (including phenoxy) is 2. The van der Waals surface area contributed by atoms with Crippen LogP contribution in [0.5, 0.6) is 5.75 Å². The minimum atomic E-state index is -1.06. The molecule has 8 heteroatoms. The SMILES string of the molecule is CC(=O)c1cccc(OCC(=O)O[C@@H](C)C(=O)Nc2ccc(C(N)=O)cc2)c1. The average Bonchev–Trinajstić information content (AvgIpc) is 2.67. The van der Waals surface area contributed by atoms with Crippen molar-refractivity contribution in [2.45, 2.75) is 20.0 Å². The Labute approximate surface area is 161 Å². The highest BCUT2D eigenvalue weighted by Crippen LogP contribution is 2.14. The normalized spacial score (nSPS) is 11.2. The molecule has 0 aliphatic carbocycles. The first-order chi connectivity index (χ1) is 13.3. The van der Waals surface area contributed by atoms with Crippen molar-refractivity contribution in [1.29, 1.82) is 0 Å². The molecule has 0 heterocycles. The average molecular weight is 384 g/mol. The van der Waals surface area contributed by atoms with Gasteiger partial charge in [0.05, 0.1) is 0 Å². The van der Waals surface area contributed by atoms with Crippen molar-refractivity contribution in [3.8, 4) is 5.75 Å². The first kappa shape index (κ1) is 20.6. The van der Waals surface area contributed by atoms with Gasteiger partial charge < -0.3 is 20.5 Å². The molecule has 0 fully saturated rings. The lowest BCUT2D eigenvalue weighted by Gasteiger charge is -2.14. The minimum absolute atomic E-state index is 0.123. The smallest absolute Gasteiger partial charge is 0.344 e. The molecule has 0 bridgehead atoms. The molecule has 1 atom stereocenters. The Balaban J connectivity index is 1.84. The van der Waals surface area contributed by atoms with Crippen LogP contribution in [0, 0.1) is 0 Å². The topological polar surface area (TPSA) is 125 Å². The third-order valence-electron chi connectivity index (χ3n) is 3.71. The predicted molar refractivity (Wildman–Crippen MR) is 101 cm³/mol. The van der Waals surface area contributed by atoms with Gasteiger partial charge >= 0.3 is 5.97 Å². The maximum absolute atomic E-state index is 12.1. The lowest BCUT2D eigenvalue weighted by atomic mass is 10.1. The van der Waals surface area contributed by atoms with E-state index in [1.807, 2.05) is 0 Å². The second-order valence-electron chi connectivity index (χ2n) is 5.94.